The SMILES string of the molecule is COC(=O)c1cc(NC(=O)c2cccc(NC(=O)C3CCCCC3)c2)c(F)cc1F. The van der Waals surface area contributed by atoms with Gasteiger partial charge in [-0.2, -0.15) is 0 Å². The lowest BCUT2D eigenvalue weighted by Crippen LogP contribution is -2.24. The smallest absolute Gasteiger partial charge is 0.340 e. The second kappa shape index (κ2) is 9.47. The number of amides is 2. The van der Waals surface area contributed by atoms with Gasteiger partial charge in [0.1, 0.15) is 11.6 Å². The molecule has 0 atom stereocenters. The minimum Gasteiger partial charge on any atom is -0.465 e. The molecule has 2 N–H and O–H groups in total. The molecule has 0 aromatic heterocycles. The van der Waals surface area contributed by atoms with E-state index in [1.807, 2.05) is 0 Å². The summed E-state index contributed by atoms with van der Waals surface area (Å²) in [5.74, 6) is -3.92. The third-order valence-corrected chi connectivity index (χ3v) is 5.08. The van der Waals surface area contributed by atoms with Gasteiger partial charge in [0.25, 0.3) is 5.91 Å². The highest BCUT2D eigenvalue weighted by Gasteiger charge is 2.22. The average Bonchev–Trinajstić information content (AvgIpc) is 2.75. The van der Waals surface area contributed by atoms with Crippen molar-refractivity contribution in [3.63, 3.8) is 0 Å². The van der Waals surface area contributed by atoms with E-state index >= 15 is 0 Å². The Morgan fingerprint density at radius 1 is 0.967 bits per heavy atom. The predicted octanol–water partition coefficient (Wildman–Crippen LogP) is 4.52. The number of anilines is 2. The van der Waals surface area contributed by atoms with Gasteiger partial charge in [-0.3, -0.25) is 9.59 Å². The lowest BCUT2D eigenvalue weighted by atomic mass is 9.88. The molecule has 1 saturated carbocycles. The van der Waals surface area contributed by atoms with Gasteiger partial charge in [-0.15, -0.1) is 0 Å². The highest BCUT2D eigenvalue weighted by atomic mass is 19.1. The Balaban J connectivity index is 1.74. The molecule has 3 rings (SSSR count). The number of carbonyl (C=O) groups excluding carboxylic acids is 3. The van der Waals surface area contributed by atoms with Crippen LogP contribution in [0.3, 0.4) is 0 Å². The van der Waals surface area contributed by atoms with Gasteiger partial charge in [-0.1, -0.05) is 25.3 Å². The van der Waals surface area contributed by atoms with Crippen LogP contribution in [0, 0.1) is 17.6 Å². The summed E-state index contributed by atoms with van der Waals surface area (Å²) in [5, 5.41) is 5.13. The summed E-state index contributed by atoms with van der Waals surface area (Å²) >= 11 is 0. The second-order valence-corrected chi connectivity index (χ2v) is 7.16. The van der Waals surface area contributed by atoms with Crippen LogP contribution in [0.1, 0.15) is 52.8 Å². The zero-order valence-electron chi connectivity index (χ0n) is 16.5. The second-order valence-electron chi connectivity index (χ2n) is 7.16. The molecule has 0 saturated heterocycles. The standard InChI is InChI=1S/C22H22F2N2O4/c1-30-22(29)16-11-19(18(24)12-17(16)23)26-21(28)14-8-5-9-15(10-14)25-20(27)13-6-3-2-4-7-13/h5,8-13H,2-4,6-7H2,1H3,(H,25,27)(H,26,28). The van der Waals surface area contributed by atoms with E-state index in [1.165, 1.54) is 12.1 Å². The van der Waals surface area contributed by atoms with Crippen molar-refractivity contribution in [2.45, 2.75) is 32.1 Å². The number of esters is 1. The number of benzene rings is 2. The van der Waals surface area contributed by atoms with E-state index in [-0.39, 0.29) is 23.1 Å². The normalized spacial score (nSPS) is 14.1. The molecule has 0 aliphatic heterocycles. The Kier molecular flexibility index (Phi) is 6.76. The molecule has 1 fully saturated rings. The zero-order valence-corrected chi connectivity index (χ0v) is 16.5. The molecule has 6 nitrogen and oxygen atoms in total. The summed E-state index contributed by atoms with van der Waals surface area (Å²) in [5.41, 5.74) is -0.242. The van der Waals surface area contributed by atoms with Crippen molar-refractivity contribution < 1.29 is 27.9 Å². The van der Waals surface area contributed by atoms with Crippen molar-refractivity contribution in [3.8, 4) is 0 Å². The number of hydrogen-bond donors (Lipinski definition) is 2. The summed E-state index contributed by atoms with van der Waals surface area (Å²) in [4.78, 5) is 36.5. The maximum Gasteiger partial charge on any atom is 0.340 e. The highest BCUT2D eigenvalue weighted by Crippen LogP contribution is 2.25. The average molecular weight is 416 g/mol. The van der Waals surface area contributed by atoms with Gasteiger partial charge in [-0.25, -0.2) is 13.6 Å². The molecule has 30 heavy (non-hydrogen) atoms. The van der Waals surface area contributed by atoms with Gasteiger partial charge in [0.15, 0.2) is 0 Å². The molecule has 8 heteroatoms. The van der Waals surface area contributed by atoms with Crippen molar-refractivity contribution in [1.82, 2.24) is 0 Å². The predicted molar refractivity (Wildman–Crippen MR) is 107 cm³/mol. The number of carbonyl (C=O) groups is 3. The third-order valence-electron chi connectivity index (χ3n) is 5.08. The minimum atomic E-state index is -1.09. The summed E-state index contributed by atoms with van der Waals surface area (Å²) in [7, 11) is 1.07. The maximum absolute atomic E-state index is 14.1. The van der Waals surface area contributed by atoms with Crippen LogP contribution in [-0.4, -0.2) is 24.9 Å². The number of nitrogens with one attached hydrogen (secondary N) is 2. The molecule has 0 bridgehead atoms. The molecule has 1 aliphatic rings. The number of ether oxygens (including phenoxy) is 1. The van der Waals surface area contributed by atoms with Crippen LogP contribution in [0.5, 0.6) is 0 Å². The van der Waals surface area contributed by atoms with Crippen molar-refractivity contribution in [3.05, 3.63) is 59.2 Å². The third kappa shape index (κ3) is 5.00. The Hall–Kier alpha value is -3.29. The molecular weight excluding hydrogens is 394 g/mol. The van der Waals surface area contributed by atoms with E-state index in [9.17, 15) is 23.2 Å². The fraction of sp³-hybridized carbons (Fsp3) is 0.318. The first-order valence-electron chi connectivity index (χ1n) is 9.68. The summed E-state index contributed by atoms with van der Waals surface area (Å²) < 4.78 is 32.3. The molecule has 1 aliphatic carbocycles. The van der Waals surface area contributed by atoms with Gasteiger partial charge in [0, 0.05) is 23.2 Å². The largest absolute Gasteiger partial charge is 0.465 e. The van der Waals surface area contributed by atoms with E-state index in [1.54, 1.807) is 12.1 Å². The number of rotatable bonds is 5. The summed E-state index contributed by atoms with van der Waals surface area (Å²) in [6.45, 7) is 0. The molecule has 0 radical (unpaired) electrons. The van der Waals surface area contributed by atoms with Gasteiger partial charge < -0.3 is 15.4 Å². The van der Waals surface area contributed by atoms with E-state index in [0.29, 0.717) is 11.8 Å². The molecule has 2 aromatic carbocycles. The van der Waals surface area contributed by atoms with Gasteiger partial charge >= 0.3 is 5.97 Å². The summed E-state index contributed by atoms with van der Waals surface area (Å²) in [6.07, 6.45) is 4.88. The van der Waals surface area contributed by atoms with Gasteiger partial charge in [0.05, 0.1) is 18.4 Å². The lowest BCUT2D eigenvalue weighted by molar-refractivity contribution is -0.120. The fourth-order valence-corrected chi connectivity index (χ4v) is 3.45. The molecule has 2 aromatic rings. The van der Waals surface area contributed by atoms with Crippen LogP contribution in [0.25, 0.3) is 0 Å². The first kappa shape index (κ1) is 21.4. The minimum absolute atomic E-state index is 0.0405. The van der Waals surface area contributed by atoms with E-state index in [2.05, 4.69) is 15.4 Å². The Morgan fingerprint density at radius 2 is 1.70 bits per heavy atom. The number of methoxy groups -OCH3 is 1. The van der Waals surface area contributed by atoms with Gasteiger partial charge in [0.2, 0.25) is 5.91 Å². The first-order valence-corrected chi connectivity index (χ1v) is 9.68. The van der Waals surface area contributed by atoms with E-state index < -0.39 is 29.1 Å². The zero-order chi connectivity index (χ0) is 21.7. The molecule has 2 amide bonds. The van der Waals surface area contributed by atoms with Crippen molar-refractivity contribution in [2.24, 2.45) is 5.92 Å². The monoisotopic (exact) mass is 416 g/mol. The number of hydrogen-bond acceptors (Lipinski definition) is 4. The van der Waals surface area contributed by atoms with Crippen molar-refractivity contribution in [2.75, 3.05) is 17.7 Å². The first-order chi connectivity index (χ1) is 14.4. The summed E-state index contributed by atoms with van der Waals surface area (Å²) in [6, 6.07) is 7.59. The fourth-order valence-electron chi connectivity index (χ4n) is 3.45. The van der Waals surface area contributed by atoms with Crippen LogP contribution < -0.4 is 10.6 Å². The van der Waals surface area contributed by atoms with Crippen molar-refractivity contribution >= 4 is 29.2 Å². The molecule has 0 unspecified atom stereocenters. The van der Waals surface area contributed by atoms with Crippen LogP contribution in [0.2, 0.25) is 0 Å². The van der Waals surface area contributed by atoms with Gasteiger partial charge in [-0.05, 0) is 37.1 Å². The molecule has 0 heterocycles. The van der Waals surface area contributed by atoms with Crippen molar-refractivity contribution in [1.29, 1.82) is 0 Å². The van der Waals surface area contributed by atoms with E-state index in [0.717, 1.165) is 45.3 Å². The quantitative estimate of drug-likeness (QED) is 0.702. The molecule has 158 valence electrons. The van der Waals surface area contributed by atoms with Crippen LogP contribution >= 0.6 is 0 Å². The molecule has 0 spiro atoms. The number of halogens is 2. The lowest BCUT2D eigenvalue weighted by Gasteiger charge is -2.20. The molecular formula is C22H22F2N2O4. The Bertz CT molecular complexity index is 972. The van der Waals surface area contributed by atoms with E-state index in [4.69, 9.17) is 0 Å². The maximum atomic E-state index is 14.1. The Morgan fingerprint density at radius 3 is 2.40 bits per heavy atom. The van der Waals surface area contributed by atoms with Crippen LogP contribution in [0.15, 0.2) is 36.4 Å². The topological polar surface area (TPSA) is 84.5 Å². The Labute approximate surface area is 172 Å². The van der Waals surface area contributed by atoms with Crippen LogP contribution in [0.4, 0.5) is 20.2 Å². The highest BCUT2D eigenvalue weighted by molar-refractivity contribution is 6.06. The van der Waals surface area contributed by atoms with Crippen LogP contribution in [-0.2, 0) is 9.53 Å².